The molecule has 9 heteroatoms. The predicted octanol–water partition coefficient (Wildman–Crippen LogP) is 5.38. The van der Waals surface area contributed by atoms with Crippen molar-refractivity contribution in [1.29, 1.82) is 0 Å². The topological polar surface area (TPSA) is 107 Å². The third-order valence-electron chi connectivity index (χ3n) is 4.76. The molecular weight excluding hydrogens is 456 g/mol. The van der Waals surface area contributed by atoms with Gasteiger partial charge in [-0.3, -0.25) is 9.59 Å². The van der Waals surface area contributed by atoms with E-state index in [1.165, 1.54) is 13.4 Å². The number of hydrogen-bond donors (Lipinski definition) is 2. The van der Waals surface area contributed by atoms with Crippen molar-refractivity contribution < 1.29 is 28.3 Å². The molecule has 0 bridgehead atoms. The van der Waals surface area contributed by atoms with E-state index in [4.69, 9.17) is 13.9 Å². The maximum atomic E-state index is 12.7. The minimum atomic E-state index is -0.549. The largest absolute Gasteiger partial charge is 0.496 e. The number of anilines is 2. The number of esters is 1. The van der Waals surface area contributed by atoms with E-state index in [1.807, 2.05) is 0 Å². The van der Waals surface area contributed by atoms with E-state index in [9.17, 15) is 14.4 Å². The average molecular weight is 477 g/mol. The van der Waals surface area contributed by atoms with Crippen molar-refractivity contribution in [3.8, 4) is 11.5 Å². The van der Waals surface area contributed by atoms with Crippen LogP contribution in [-0.2, 0) is 0 Å². The van der Waals surface area contributed by atoms with Gasteiger partial charge in [0.15, 0.2) is 5.76 Å². The lowest BCUT2D eigenvalue weighted by Gasteiger charge is -2.10. The fourth-order valence-electron chi connectivity index (χ4n) is 3.12. The van der Waals surface area contributed by atoms with Gasteiger partial charge in [-0.1, -0.05) is 12.1 Å². The Kier molecular flexibility index (Phi) is 6.74. The zero-order valence-corrected chi connectivity index (χ0v) is 19.1. The summed E-state index contributed by atoms with van der Waals surface area (Å²) in [6.45, 7) is 1.76. The number of nitrogens with one attached hydrogen (secondary N) is 2. The highest BCUT2D eigenvalue weighted by atomic mass is 32.1. The van der Waals surface area contributed by atoms with Crippen LogP contribution in [0.4, 0.5) is 10.7 Å². The van der Waals surface area contributed by atoms with Gasteiger partial charge in [-0.05, 0) is 67.1 Å². The molecule has 0 atom stereocenters. The van der Waals surface area contributed by atoms with E-state index >= 15 is 0 Å². The molecule has 0 spiro atoms. The van der Waals surface area contributed by atoms with E-state index in [-0.39, 0.29) is 11.7 Å². The van der Waals surface area contributed by atoms with Crippen LogP contribution in [0.1, 0.15) is 36.1 Å². The number of amides is 2. The zero-order chi connectivity index (χ0) is 24.1. The summed E-state index contributed by atoms with van der Waals surface area (Å²) in [5.41, 5.74) is 1.61. The maximum Gasteiger partial charge on any atom is 0.354 e. The molecule has 0 aliphatic carbocycles. The molecular formula is C25H20N2O6S. The third kappa shape index (κ3) is 5.16. The first-order valence-corrected chi connectivity index (χ1v) is 11.0. The van der Waals surface area contributed by atoms with Gasteiger partial charge in [0, 0.05) is 5.69 Å². The lowest BCUT2D eigenvalue weighted by molar-refractivity contribution is 0.0738. The second-order valence-corrected chi connectivity index (χ2v) is 8.17. The van der Waals surface area contributed by atoms with E-state index in [0.717, 1.165) is 11.3 Å². The Morgan fingerprint density at radius 1 is 0.912 bits per heavy atom. The number of rotatable bonds is 7. The van der Waals surface area contributed by atoms with Crippen molar-refractivity contribution >= 4 is 39.8 Å². The Balaban J connectivity index is 1.39. The number of para-hydroxylation sites is 1. The number of furan rings is 1. The van der Waals surface area contributed by atoms with Gasteiger partial charge in [0.25, 0.3) is 11.8 Å². The second-order valence-electron chi connectivity index (χ2n) is 7.12. The van der Waals surface area contributed by atoms with Crippen molar-refractivity contribution in [3.05, 3.63) is 94.8 Å². The Morgan fingerprint density at radius 2 is 1.68 bits per heavy atom. The Hall–Kier alpha value is -4.37. The van der Waals surface area contributed by atoms with E-state index in [2.05, 4.69) is 10.6 Å². The second kappa shape index (κ2) is 10.1. The first-order chi connectivity index (χ1) is 16.4. The molecule has 4 aromatic rings. The van der Waals surface area contributed by atoms with Crippen LogP contribution < -0.4 is 20.1 Å². The molecule has 2 heterocycles. The quantitative estimate of drug-likeness (QED) is 0.274. The molecule has 4 rings (SSSR count). The molecule has 0 fully saturated rings. The first kappa shape index (κ1) is 22.8. The van der Waals surface area contributed by atoms with E-state index in [0.29, 0.717) is 38.2 Å². The number of thiophene rings is 1. The molecule has 2 N–H and O–H groups in total. The number of aryl methyl sites for hydroxylation is 1. The molecule has 0 aliphatic heterocycles. The highest BCUT2D eigenvalue weighted by Gasteiger charge is 2.18. The van der Waals surface area contributed by atoms with Crippen molar-refractivity contribution in [2.45, 2.75) is 6.92 Å². The third-order valence-corrected chi connectivity index (χ3v) is 5.89. The summed E-state index contributed by atoms with van der Waals surface area (Å²) >= 11 is 1.11. The highest BCUT2D eigenvalue weighted by molar-refractivity contribution is 7.18. The summed E-state index contributed by atoms with van der Waals surface area (Å²) in [7, 11) is 1.50. The molecule has 34 heavy (non-hydrogen) atoms. The van der Waals surface area contributed by atoms with Gasteiger partial charge in [-0.15, -0.1) is 11.3 Å². The van der Waals surface area contributed by atoms with Crippen LogP contribution >= 0.6 is 11.3 Å². The van der Waals surface area contributed by atoms with Gasteiger partial charge >= 0.3 is 5.97 Å². The van der Waals surface area contributed by atoms with Crippen LogP contribution in [0.25, 0.3) is 0 Å². The fraction of sp³-hybridized carbons (Fsp3) is 0.0800. The minimum Gasteiger partial charge on any atom is -0.496 e. The van der Waals surface area contributed by atoms with Crippen LogP contribution in [0.5, 0.6) is 11.5 Å². The smallest absolute Gasteiger partial charge is 0.354 e. The van der Waals surface area contributed by atoms with Crippen molar-refractivity contribution in [2.75, 3.05) is 17.7 Å². The van der Waals surface area contributed by atoms with E-state index in [1.54, 1.807) is 73.7 Å². The molecule has 172 valence electrons. The Bertz CT molecular complexity index is 1330. The van der Waals surface area contributed by atoms with Gasteiger partial charge in [0.1, 0.15) is 16.4 Å². The molecule has 0 saturated heterocycles. The molecule has 0 unspecified atom stereocenters. The number of carbonyl (C=O) groups is 3. The number of carbonyl (C=O) groups excluding carboxylic acids is 3. The number of hydrogen-bond acceptors (Lipinski definition) is 7. The van der Waals surface area contributed by atoms with Gasteiger partial charge in [0.05, 0.1) is 23.9 Å². The lowest BCUT2D eigenvalue weighted by Crippen LogP contribution is -2.13. The van der Waals surface area contributed by atoms with Crippen LogP contribution in [0, 0.1) is 6.92 Å². The minimum absolute atomic E-state index is 0.174. The molecule has 2 amide bonds. The summed E-state index contributed by atoms with van der Waals surface area (Å²) in [4.78, 5) is 37.7. The van der Waals surface area contributed by atoms with Crippen LogP contribution in [-0.4, -0.2) is 24.9 Å². The standard InChI is InChI=1S/C25H20N2O6S/c1-15-14-21(27-24(29)20-8-5-13-32-20)34-22(15)25(30)33-17-11-9-16(10-12-17)26-23(28)18-6-3-4-7-19(18)31-2/h3-14H,1-2H3,(H,26,28)(H,27,29). The molecule has 0 saturated carbocycles. The first-order valence-electron chi connectivity index (χ1n) is 10.2. The summed E-state index contributed by atoms with van der Waals surface area (Å²) in [6.07, 6.45) is 1.41. The SMILES string of the molecule is COc1ccccc1C(=O)Nc1ccc(OC(=O)c2sc(NC(=O)c3ccco3)cc2C)cc1. The molecule has 2 aromatic carbocycles. The molecule has 0 radical (unpaired) electrons. The highest BCUT2D eigenvalue weighted by Crippen LogP contribution is 2.29. The van der Waals surface area contributed by atoms with Crippen LogP contribution in [0.3, 0.4) is 0 Å². The molecule has 2 aromatic heterocycles. The Labute approximate surface area is 199 Å². The predicted molar refractivity (Wildman–Crippen MR) is 128 cm³/mol. The molecule has 0 aliphatic rings. The van der Waals surface area contributed by atoms with Gasteiger partial charge in [-0.25, -0.2) is 4.79 Å². The van der Waals surface area contributed by atoms with Crippen molar-refractivity contribution in [1.82, 2.24) is 0 Å². The summed E-state index contributed by atoms with van der Waals surface area (Å²) in [5.74, 6) is -0.317. The average Bonchev–Trinajstić information content (AvgIpc) is 3.50. The normalized spacial score (nSPS) is 10.4. The van der Waals surface area contributed by atoms with Gasteiger partial charge in [0.2, 0.25) is 0 Å². The fourth-order valence-corrected chi connectivity index (χ4v) is 4.06. The summed E-state index contributed by atoms with van der Waals surface area (Å²) in [6, 6.07) is 18.2. The van der Waals surface area contributed by atoms with Crippen molar-refractivity contribution in [2.24, 2.45) is 0 Å². The number of ether oxygens (including phenoxy) is 2. The zero-order valence-electron chi connectivity index (χ0n) is 18.3. The van der Waals surface area contributed by atoms with Gasteiger partial charge in [-0.2, -0.15) is 0 Å². The van der Waals surface area contributed by atoms with E-state index < -0.39 is 11.9 Å². The van der Waals surface area contributed by atoms with Crippen molar-refractivity contribution in [3.63, 3.8) is 0 Å². The molecule has 8 nitrogen and oxygen atoms in total. The van der Waals surface area contributed by atoms with Gasteiger partial charge < -0.3 is 24.5 Å². The summed E-state index contributed by atoms with van der Waals surface area (Å²) in [5, 5.41) is 5.98. The van der Waals surface area contributed by atoms with Crippen LogP contribution in [0.15, 0.2) is 77.4 Å². The number of benzene rings is 2. The maximum absolute atomic E-state index is 12.7. The Morgan fingerprint density at radius 3 is 2.38 bits per heavy atom. The monoisotopic (exact) mass is 476 g/mol. The van der Waals surface area contributed by atoms with Crippen LogP contribution in [0.2, 0.25) is 0 Å². The lowest BCUT2D eigenvalue weighted by atomic mass is 10.2. The number of methoxy groups -OCH3 is 1. The summed E-state index contributed by atoms with van der Waals surface area (Å²) < 4.78 is 15.7.